The van der Waals surface area contributed by atoms with Crippen LogP contribution in [0.3, 0.4) is 0 Å². The summed E-state index contributed by atoms with van der Waals surface area (Å²) in [5.41, 5.74) is 1.96. The standard InChI is InChI=1S/C14H15N3O3/c1-17-13(18)12(16-14(17)19)5-8-7-15-11-4-3-9(20-2)6-10(8)11/h3-4,6-7,12,15H,5H2,1-2H3,(H,16,19). The molecule has 3 rings (SSSR count). The minimum atomic E-state index is -0.502. The van der Waals surface area contributed by atoms with E-state index in [0.29, 0.717) is 6.42 Å². The van der Waals surface area contributed by atoms with Gasteiger partial charge >= 0.3 is 6.03 Å². The molecule has 0 radical (unpaired) electrons. The van der Waals surface area contributed by atoms with E-state index in [2.05, 4.69) is 10.3 Å². The quantitative estimate of drug-likeness (QED) is 0.827. The van der Waals surface area contributed by atoms with E-state index in [1.165, 1.54) is 7.05 Å². The van der Waals surface area contributed by atoms with Gasteiger partial charge in [-0.1, -0.05) is 0 Å². The second kappa shape index (κ2) is 4.56. The number of urea groups is 1. The van der Waals surface area contributed by atoms with E-state index in [1.807, 2.05) is 24.4 Å². The van der Waals surface area contributed by atoms with Crippen molar-refractivity contribution < 1.29 is 14.3 Å². The van der Waals surface area contributed by atoms with Gasteiger partial charge in [-0.25, -0.2) is 4.79 Å². The van der Waals surface area contributed by atoms with E-state index >= 15 is 0 Å². The monoisotopic (exact) mass is 273 g/mol. The molecular weight excluding hydrogens is 258 g/mol. The lowest BCUT2D eigenvalue weighted by Crippen LogP contribution is -2.31. The Morgan fingerprint density at radius 1 is 1.35 bits per heavy atom. The summed E-state index contributed by atoms with van der Waals surface area (Å²) in [5.74, 6) is 0.560. The SMILES string of the molecule is COc1ccc2[nH]cc(CC3NC(=O)N(C)C3=O)c2c1. The van der Waals surface area contributed by atoms with Crippen molar-refractivity contribution in [3.05, 3.63) is 30.0 Å². The Kier molecular flexibility index (Phi) is 2.85. The van der Waals surface area contributed by atoms with Crippen LogP contribution in [0, 0.1) is 0 Å². The van der Waals surface area contributed by atoms with Crippen molar-refractivity contribution in [1.29, 1.82) is 0 Å². The highest BCUT2D eigenvalue weighted by Crippen LogP contribution is 2.25. The van der Waals surface area contributed by atoms with Crippen molar-refractivity contribution in [3.63, 3.8) is 0 Å². The van der Waals surface area contributed by atoms with Gasteiger partial charge in [0.05, 0.1) is 7.11 Å². The largest absolute Gasteiger partial charge is 0.497 e. The number of imide groups is 1. The Bertz CT molecular complexity index is 692. The van der Waals surface area contributed by atoms with Gasteiger partial charge in [0.15, 0.2) is 0 Å². The van der Waals surface area contributed by atoms with E-state index in [-0.39, 0.29) is 11.9 Å². The van der Waals surface area contributed by atoms with Gasteiger partial charge in [-0.15, -0.1) is 0 Å². The van der Waals surface area contributed by atoms with Gasteiger partial charge in [0.2, 0.25) is 0 Å². The van der Waals surface area contributed by atoms with Crippen LogP contribution in [-0.2, 0) is 11.2 Å². The molecule has 104 valence electrons. The number of hydrogen-bond donors (Lipinski definition) is 2. The molecule has 1 saturated heterocycles. The molecule has 0 bridgehead atoms. The fraction of sp³-hybridized carbons (Fsp3) is 0.286. The normalized spacial score (nSPS) is 18.7. The first kappa shape index (κ1) is 12.5. The number of likely N-dealkylation sites (N-methyl/N-ethyl adjacent to an activating group) is 1. The maximum Gasteiger partial charge on any atom is 0.324 e. The molecule has 2 aromatic rings. The number of fused-ring (bicyclic) bond motifs is 1. The molecule has 1 aromatic carbocycles. The number of benzene rings is 1. The lowest BCUT2D eigenvalue weighted by molar-refractivity contribution is -0.126. The molecule has 20 heavy (non-hydrogen) atoms. The molecule has 1 aromatic heterocycles. The van der Waals surface area contributed by atoms with Crippen LogP contribution < -0.4 is 10.1 Å². The fourth-order valence-corrected chi connectivity index (χ4v) is 2.45. The topological polar surface area (TPSA) is 74.4 Å². The number of hydrogen-bond acceptors (Lipinski definition) is 3. The van der Waals surface area contributed by atoms with Crippen molar-refractivity contribution in [2.45, 2.75) is 12.5 Å². The first-order chi connectivity index (χ1) is 9.60. The van der Waals surface area contributed by atoms with Gasteiger partial charge in [-0.2, -0.15) is 0 Å². The fourth-order valence-electron chi connectivity index (χ4n) is 2.45. The Labute approximate surface area is 115 Å². The number of ether oxygens (including phenoxy) is 1. The summed E-state index contributed by atoms with van der Waals surface area (Å²) in [5, 5.41) is 3.68. The third kappa shape index (κ3) is 1.89. The summed E-state index contributed by atoms with van der Waals surface area (Å²) in [4.78, 5) is 27.6. The number of aromatic amines is 1. The van der Waals surface area contributed by atoms with Crippen molar-refractivity contribution >= 4 is 22.8 Å². The summed E-state index contributed by atoms with van der Waals surface area (Å²) in [6.45, 7) is 0. The second-order valence-electron chi connectivity index (χ2n) is 4.83. The Morgan fingerprint density at radius 2 is 2.15 bits per heavy atom. The van der Waals surface area contributed by atoms with Crippen LogP contribution >= 0.6 is 0 Å². The lowest BCUT2D eigenvalue weighted by Gasteiger charge is -2.07. The predicted octanol–water partition coefficient (Wildman–Crippen LogP) is 1.27. The van der Waals surface area contributed by atoms with E-state index in [0.717, 1.165) is 27.1 Å². The maximum atomic E-state index is 11.9. The highest BCUT2D eigenvalue weighted by molar-refractivity contribution is 6.04. The molecule has 2 N–H and O–H groups in total. The lowest BCUT2D eigenvalue weighted by atomic mass is 10.0. The zero-order valence-corrected chi connectivity index (χ0v) is 11.3. The Balaban J connectivity index is 1.91. The average Bonchev–Trinajstić information content (AvgIpc) is 2.96. The van der Waals surface area contributed by atoms with E-state index in [4.69, 9.17) is 4.74 Å². The predicted molar refractivity (Wildman–Crippen MR) is 73.6 cm³/mol. The third-order valence-corrected chi connectivity index (χ3v) is 3.63. The third-order valence-electron chi connectivity index (χ3n) is 3.63. The summed E-state index contributed by atoms with van der Waals surface area (Å²) >= 11 is 0. The number of methoxy groups -OCH3 is 1. The molecule has 1 atom stereocenters. The molecule has 0 aliphatic carbocycles. The van der Waals surface area contributed by atoms with E-state index in [1.54, 1.807) is 7.11 Å². The summed E-state index contributed by atoms with van der Waals surface area (Å²) < 4.78 is 5.21. The summed E-state index contributed by atoms with van der Waals surface area (Å²) in [7, 11) is 3.10. The number of nitrogens with zero attached hydrogens (tertiary/aromatic N) is 1. The van der Waals surface area contributed by atoms with Crippen LogP contribution in [0.4, 0.5) is 4.79 Å². The van der Waals surface area contributed by atoms with Gasteiger partial charge in [0, 0.05) is 30.6 Å². The number of carbonyl (C=O) groups is 2. The van der Waals surface area contributed by atoms with Crippen molar-refractivity contribution in [2.75, 3.05) is 14.2 Å². The molecule has 1 aliphatic heterocycles. The van der Waals surface area contributed by atoms with Crippen LogP contribution in [0.1, 0.15) is 5.56 Å². The number of carbonyl (C=O) groups excluding carboxylic acids is 2. The molecule has 1 fully saturated rings. The maximum absolute atomic E-state index is 11.9. The van der Waals surface area contributed by atoms with Crippen molar-refractivity contribution in [3.8, 4) is 5.75 Å². The molecule has 0 spiro atoms. The highest BCUT2D eigenvalue weighted by Gasteiger charge is 2.35. The van der Waals surface area contributed by atoms with Gasteiger partial charge in [0.1, 0.15) is 11.8 Å². The van der Waals surface area contributed by atoms with Crippen LogP contribution in [0.5, 0.6) is 5.75 Å². The van der Waals surface area contributed by atoms with Gasteiger partial charge in [0.25, 0.3) is 5.91 Å². The molecule has 3 amide bonds. The highest BCUT2D eigenvalue weighted by atomic mass is 16.5. The first-order valence-electron chi connectivity index (χ1n) is 6.32. The number of amides is 3. The van der Waals surface area contributed by atoms with Crippen molar-refractivity contribution in [2.24, 2.45) is 0 Å². The molecule has 2 heterocycles. The Morgan fingerprint density at radius 3 is 2.80 bits per heavy atom. The zero-order valence-electron chi connectivity index (χ0n) is 11.3. The second-order valence-corrected chi connectivity index (χ2v) is 4.83. The van der Waals surface area contributed by atoms with E-state index < -0.39 is 6.04 Å². The number of nitrogens with one attached hydrogen (secondary N) is 2. The molecule has 6 heteroatoms. The molecule has 1 unspecified atom stereocenters. The van der Waals surface area contributed by atoms with Crippen molar-refractivity contribution in [1.82, 2.24) is 15.2 Å². The number of aromatic nitrogens is 1. The molecular formula is C14H15N3O3. The minimum absolute atomic E-state index is 0.202. The zero-order chi connectivity index (χ0) is 14.3. The van der Waals surface area contributed by atoms with Crippen LogP contribution in [0.25, 0.3) is 10.9 Å². The number of H-pyrrole nitrogens is 1. The Hall–Kier alpha value is -2.50. The van der Waals surface area contributed by atoms with Crippen LogP contribution in [-0.4, -0.2) is 42.0 Å². The number of rotatable bonds is 3. The van der Waals surface area contributed by atoms with Gasteiger partial charge in [-0.05, 0) is 23.8 Å². The van der Waals surface area contributed by atoms with Gasteiger partial charge in [-0.3, -0.25) is 9.69 Å². The first-order valence-corrected chi connectivity index (χ1v) is 6.32. The summed E-state index contributed by atoms with van der Waals surface area (Å²) in [6, 6.07) is 4.87. The molecule has 1 aliphatic rings. The van der Waals surface area contributed by atoms with Crippen LogP contribution in [0.15, 0.2) is 24.4 Å². The van der Waals surface area contributed by atoms with E-state index in [9.17, 15) is 9.59 Å². The average molecular weight is 273 g/mol. The smallest absolute Gasteiger partial charge is 0.324 e. The minimum Gasteiger partial charge on any atom is -0.497 e. The molecule has 6 nitrogen and oxygen atoms in total. The van der Waals surface area contributed by atoms with Crippen LogP contribution in [0.2, 0.25) is 0 Å². The molecule has 0 saturated carbocycles. The van der Waals surface area contributed by atoms with Gasteiger partial charge < -0.3 is 15.0 Å². The summed E-state index contributed by atoms with van der Waals surface area (Å²) in [6.07, 6.45) is 2.32.